The average Bonchev–Trinajstić information content (AvgIpc) is 2.17. The fourth-order valence-corrected chi connectivity index (χ4v) is 2.69. The predicted molar refractivity (Wildman–Crippen MR) is 68.7 cm³/mol. The van der Waals surface area contributed by atoms with Crippen molar-refractivity contribution in [1.82, 2.24) is 0 Å². The minimum atomic E-state index is -3.31. The molecule has 16 heavy (non-hydrogen) atoms. The van der Waals surface area contributed by atoms with Crippen LogP contribution in [0.25, 0.3) is 0 Å². The molecule has 0 saturated carbocycles. The lowest BCUT2D eigenvalue weighted by Gasteiger charge is -2.10. The van der Waals surface area contributed by atoms with Crippen LogP contribution in [0.2, 0.25) is 0 Å². The molecule has 90 valence electrons. The molecule has 1 aromatic carbocycles. The van der Waals surface area contributed by atoms with Gasteiger partial charge in [-0.05, 0) is 23.6 Å². The Morgan fingerprint density at radius 2 is 2.06 bits per heavy atom. The van der Waals surface area contributed by atoms with Crippen LogP contribution in [0, 0.1) is 0 Å². The molecule has 0 aromatic heterocycles. The minimum absolute atomic E-state index is 0.0690. The number of sulfonamides is 1. The van der Waals surface area contributed by atoms with Crippen LogP contribution in [-0.2, 0) is 10.0 Å². The highest BCUT2D eigenvalue weighted by molar-refractivity contribution is 7.92. The van der Waals surface area contributed by atoms with E-state index in [1.807, 2.05) is 18.2 Å². The quantitative estimate of drug-likeness (QED) is 0.829. The Labute approximate surface area is 102 Å². The zero-order chi connectivity index (χ0) is 12.2. The maximum atomic E-state index is 11.5. The van der Waals surface area contributed by atoms with Crippen LogP contribution >= 0.6 is 11.6 Å². The predicted octanol–water partition coefficient (Wildman–Crippen LogP) is 2.79. The van der Waals surface area contributed by atoms with Crippen molar-refractivity contribution in [2.75, 3.05) is 16.4 Å². The van der Waals surface area contributed by atoms with Gasteiger partial charge in [-0.3, -0.25) is 4.72 Å². The van der Waals surface area contributed by atoms with Gasteiger partial charge in [0.25, 0.3) is 0 Å². The van der Waals surface area contributed by atoms with Crippen LogP contribution < -0.4 is 4.72 Å². The molecule has 1 rings (SSSR count). The topological polar surface area (TPSA) is 46.2 Å². The molecule has 0 radical (unpaired) electrons. The van der Waals surface area contributed by atoms with Crippen LogP contribution in [0.1, 0.15) is 25.3 Å². The molecule has 3 nitrogen and oxygen atoms in total. The van der Waals surface area contributed by atoms with Crippen molar-refractivity contribution in [3.8, 4) is 0 Å². The van der Waals surface area contributed by atoms with E-state index in [1.54, 1.807) is 6.07 Å². The summed E-state index contributed by atoms with van der Waals surface area (Å²) in [7, 11) is -3.31. The fourth-order valence-electron chi connectivity index (χ4n) is 1.29. The van der Waals surface area contributed by atoms with Gasteiger partial charge in [0, 0.05) is 11.6 Å². The SMILES string of the molecule is CC(C)c1cccc(NS(=O)(=O)CCCl)c1. The van der Waals surface area contributed by atoms with Crippen molar-refractivity contribution >= 4 is 27.3 Å². The second-order valence-corrected chi connectivity index (χ2v) is 6.11. The number of nitrogens with one attached hydrogen (secondary N) is 1. The molecule has 0 heterocycles. The van der Waals surface area contributed by atoms with Crippen molar-refractivity contribution in [3.63, 3.8) is 0 Å². The Kier molecular flexibility index (Phi) is 4.62. The number of halogens is 1. The molecule has 0 aliphatic carbocycles. The summed E-state index contributed by atoms with van der Waals surface area (Å²) in [6.45, 7) is 4.12. The smallest absolute Gasteiger partial charge is 0.233 e. The lowest BCUT2D eigenvalue weighted by molar-refractivity contribution is 0.602. The first-order valence-electron chi connectivity index (χ1n) is 5.11. The van der Waals surface area contributed by atoms with E-state index in [1.165, 1.54) is 0 Å². The Bertz CT molecular complexity index is 443. The summed E-state index contributed by atoms with van der Waals surface area (Å²) in [6, 6.07) is 7.39. The lowest BCUT2D eigenvalue weighted by atomic mass is 10.0. The third-order valence-electron chi connectivity index (χ3n) is 2.17. The Hall–Kier alpha value is -0.740. The Morgan fingerprint density at radius 3 is 2.62 bits per heavy atom. The maximum absolute atomic E-state index is 11.5. The molecule has 0 saturated heterocycles. The molecule has 0 aliphatic rings. The minimum Gasteiger partial charge on any atom is -0.284 e. The maximum Gasteiger partial charge on any atom is 0.233 e. The van der Waals surface area contributed by atoms with Crippen molar-refractivity contribution in [1.29, 1.82) is 0 Å². The van der Waals surface area contributed by atoms with E-state index in [2.05, 4.69) is 18.6 Å². The van der Waals surface area contributed by atoms with E-state index in [0.29, 0.717) is 11.6 Å². The highest BCUT2D eigenvalue weighted by atomic mass is 35.5. The summed E-state index contributed by atoms with van der Waals surface area (Å²) in [6.07, 6.45) is 0. The van der Waals surface area contributed by atoms with Crippen molar-refractivity contribution in [2.24, 2.45) is 0 Å². The van der Waals surface area contributed by atoms with Gasteiger partial charge >= 0.3 is 0 Å². The summed E-state index contributed by atoms with van der Waals surface area (Å²) < 4.78 is 25.5. The molecule has 0 aliphatic heterocycles. The molecule has 1 N–H and O–H groups in total. The van der Waals surface area contributed by atoms with E-state index in [4.69, 9.17) is 11.6 Å². The first-order chi connectivity index (χ1) is 7.44. The summed E-state index contributed by atoms with van der Waals surface area (Å²) >= 11 is 5.41. The average molecular weight is 262 g/mol. The van der Waals surface area contributed by atoms with Crippen molar-refractivity contribution < 1.29 is 8.42 Å². The molecule has 1 aromatic rings. The highest BCUT2D eigenvalue weighted by Crippen LogP contribution is 2.19. The normalized spacial score (nSPS) is 11.8. The second kappa shape index (κ2) is 5.55. The van der Waals surface area contributed by atoms with Gasteiger partial charge in [0.1, 0.15) is 0 Å². The third-order valence-corrected chi connectivity index (χ3v) is 3.87. The van der Waals surface area contributed by atoms with Crippen LogP contribution in [0.4, 0.5) is 5.69 Å². The van der Waals surface area contributed by atoms with Gasteiger partial charge in [-0.1, -0.05) is 26.0 Å². The number of rotatable bonds is 5. The molecule has 0 atom stereocenters. The summed E-state index contributed by atoms with van der Waals surface area (Å²) in [5, 5.41) is 0. The summed E-state index contributed by atoms with van der Waals surface area (Å²) in [5.74, 6) is 0.400. The Balaban J connectivity index is 2.86. The third kappa shape index (κ3) is 4.02. The number of alkyl halides is 1. The molecule has 0 unspecified atom stereocenters. The van der Waals surface area contributed by atoms with Crippen molar-refractivity contribution in [3.05, 3.63) is 29.8 Å². The first-order valence-corrected chi connectivity index (χ1v) is 7.29. The summed E-state index contributed by atoms with van der Waals surface area (Å²) in [5.41, 5.74) is 1.70. The highest BCUT2D eigenvalue weighted by Gasteiger charge is 2.09. The van der Waals surface area contributed by atoms with Gasteiger partial charge in [0.2, 0.25) is 10.0 Å². The van der Waals surface area contributed by atoms with Crippen molar-refractivity contribution in [2.45, 2.75) is 19.8 Å². The lowest BCUT2D eigenvalue weighted by Crippen LogP contribution is -2.17. The van der Waals surface area contributed by atoms with Crippen LogP contribution in [0.15, 0.2) is 24.3 Å². The number of hydrogen-bond donors (Lipinski definition) is 1. The second-order valence-electron chi connectivity index (χ2n) is 3.89. The van der Waals surface area contributed by atoms with E-state index in [-0.39, 0.29) is 11.6 Å². The van der Waals surface area contributed by atoms with Gasteiger partial charge in [-0.25, -0.2) is 8.42 Å². The monoisotopic (exact) mass is 261 g/mol. The van der Waals surface area contributed by atoms with Crippen LogP contribution in [0.3, 0.4) is 0 Å². The van der Waals surface area contributed by atoms with Gasteiger partial charge in [-0.15, -0.1) is 11.6 Å². The van der Waals surface area contributed by atoms with Gasteiger partial charge in [-0.2, -0.15) is 0 Å². The standard InChI is InChI=1S/C11H16ClNO2S/c1-9(2)10-4-3-5-11(8-10)13-16(14,15)7-6-12/h3-5,8-9,13H,6-7H2,1-2H3. The number of anilines is 1. The molecule has 5 heteroatoms. The van der Waals surface area contributed by atoms with Crippen LogP contribution in [0.5, 0.6) is 0 Å². The fraction of sp³-hybridized carbons (Fsp3) is 0.455. The largest absolute Gasteiger partial charge is 0.284 e. The van der Waals surface area contributed by atoms with E-state index < -0.39 is 10.0 Å². The zero-order valence-corrected chi connectivity index (χ0v) is 11.0. The molecule has 0 amide bonds. The number of benzene rings is 1. The number of hydrogen-bond acceptors (Lipinski definition) is 2. The zero-order valence-electron chi connectivity index (χ0n) is 9.40. The molecular formula is C11H16ClNO2S. The van der Waals surface area contributed by atoms with E-state index >= 15 is 0 Å². The Morgan fingerprint density at radius 1 is 1.38 bits per heavy atom. The van der Waals surface area contributed by atoms with Crippen LogP contribution in [-0.4, -0.2) is 20.1 Å². The molecule has 0 spiro atoms. The molecular weight excluding hydrogens is 246 g/mol. The van der Waals surface area contributed by atoms with E-state index in [9.17, 15) is 8.42 Å². The van der Waals surface area contributed by atoms with E-state index in [0.717, 1.165) is 5.56 Å². The van der Waals surface area contributed by atoms with Gasteiger partial charge < -0.3 is 0 Å². The van der Waals surface area contributed by atoms with Gasteiger partial charge in [0.05, 0.1) is 5.75 Å². The summed E-state index contributed by atoms with van der Waals surface area (Å²) in [4.78, 5) is 0. The molecule has 0 bridgehead atoms. The van der Waals surface area contributed by atoms with Gasteiger partial charge in [0.15, 0.2) is 0 Å². The first kappa shape index (κ1) is 13.3. The molecule has 0 fully saturated rings.